The van der Waals surface area contributed by atoms with Crippen LogP contribution in [-0.2, 0) is 16.0 Å². The van der Waals surface area contributed by atoms with Crippen molar-refractivity contribution in [2.75, 3.05) is 42.1 Å². The summed E-state index contributed by atoms with van der Waals surface area (Å²) in [5, 5.41) is 12.2. The molecular weight excluding hydrogens is 516 g/mol. The number of rotatable bonds is 6. The van der Waals surface area contributed by atoms with Crippen LogP contribution in [0.2, 0.25) is 0 Å². The Morgan fingerprint density at radius 2 is 1.66 bits per heavy atom. The number of carbonyl (C=O) groups excluding carboxylic acids is 3. The Hall–Kier alpha value is -4.21. The largest absolute Gasteiger partial charge is 0.326 e. The van der Waals surface area contributed by atoms with Crippen molar-refractivity contribution in [2.24, 2.45) is 17.6 Å². The second-order valence-corrected chi connectivity index (χ2v) is 11.1. The summed E-state index contributed by atoms with van der Waals surface area (Å²) < 4.78 is 0. The first-order valence-electron chi connectivity index (χ1n) is 14.2. The summed E-state index contributed by atoms with van der Waals surface area (Å²) in [7, 11) is 0. The number of nitrogens with zero attached hydrogens (tertiary/aromatic N) is 1. The highest BCUT2D eigenvalue weighted by Gasteiger charge is 2.42. The van der Waals surface area contributed by atoms with Crippen LogP contribution in [0.3, 0.4) is 0 Å². The molecule has 9 heteroatoms. The molecule has 2 unspecified atom stereocenters. The average Bonchev–Trinajstić information content (AvgIpc) is 3.16. The molecule has 2 aliphatic rings. The molecule has 0 bridgehead atoms. The number of amides is 4. The minimum absolute atomic E-state index is 0.112. The Kier molecular flexibility index (Phi) is 8.37. The predicted molar refractivity (Wildman–Crippen MR) is 163 cm³/mol. The standard InChI is InChI=1S/C32H38N6O3/c1-21(25-16-13-23-7-3-5-9-27(23)36-29(25)39)32(2,33)30(40)35-24-14-11-22(12-15-24)26-8-4-6-10-28(26)37-31(41)38-19-17-34-18-20-38/h3-12,14-15,21,25,34H,13,16-20,33H2,1-2H3,(H,35,40)(H,36,39)(H,37,41)/t21-,25?,32?/m1/s1. The Balaban J connectivity index is 1.25. The maximum absolute atomic E-state index is 13.4. The topological polar surface area (TPSA) is 129 Å². The van der Waals surface area contributed by atoms with Crippen LogP contribution in [0, 0.1) is 11.8 Å². The number of hydrogen-bond acceptors (Lipinski definition) is 5. The number of urea groups is 1. The molecule has 2 heterocycles. The van der Waals surface area contributed by atoms with E-state index in [4.69, 9.17) is 5.73 Å². The molecule has 3 aromatic rings. The zero-order chi connectivity index (χ0) is 29.0. The number of para-hydroxylation sites is 2. The maximum Gasteiger partial charge on any atom is 0.321 e. The molecule has 0 aromatic heterocycles. The van der Waals surface area contributed by atoms with E-state index in [1.54, 1.807) is 11.8 Å². The van der Waals surface area contributed by atoms with E-state index in [1.165, 1.54) is 0 Å². The fourth-order valence-electron chi connectivity index (χ4n) is 5.53. The summed E-state index contributed by atoms with van der Waals surface area (Å²) in [6, 6.07) is 22.7. The molecule has 2 aliphatic heterocycles. The highest BCUT2D eigenvalue weighted by Crippen LogP contribution is 2.34. The van der Waals surface area contributed by atoms with Crippen molar-refractivity contribution in [3.63, 3.8) is 0 Å². The van der Waals surface area contributed by atoms with Gasteiger partial charge in [-0.3, -0.25) is 9.59 Å². The Morgan fingerprint density at radius 1 is 0.976 bits per heavy atom. The Labute approximate surface area is 240 Å². The molecule has 5 rings (SSSR count). The van der Waals surface area contributed by atoms with Gasteiger partial charge in [-0.05, 0) is 61.1 Å². The highest BCUT2D eigenvalue weighted by molar-refractivity contribution is 6.00. The lowest BCUT2D eigenvalue weighted by Crippen LogP contribution is -2.56. The maximum atomic E-state index is 13.4. The van der Waals surface area contributed by atoms with Crippen LogP contribution in [-0.4, -0.2) is 54.5 Å². The van der Waals surface area contributed by atoms with Crippen molar-refractivity contribution in [1.29, 1.82) is 0 Å². The van der Waals surface area contributed by atoms with Crippen LogP contribution >= 0.6 is 0 Å². The first-order chi connectivity index (χ1) is 19.7. The third-order valence-corrected chi connectivity index (χ3v) is 8.40. The number of benzene rings is 3. The monoisotopic (exact) mass is 554 g/mol. The molecular formula is C32H38N6O3. The highest BCUT2D eigenvalue weighted by atomic mass is 16.2. The molecule has 0 spiro atoms. The van der Waals surface area contributed by atoms with Crippen molar-refractivity contribution in [2.45, 2.75) is 32.2 Å². The molecule has 1 saturated heterocycles. The van der Waals surface area contributed by atoms with Gasteiger partial charge in [-0.25, -0.2) is 4.79 Å². The van der Waals surface area contributed by atoms with Gasteiger partial charge in [-0.1, -0.05) is 55.5 Å². The zero-order valence-electron chi connectivity index (χ0n) is 23.6. The number of piperazine rings is 1. The van der Waals surface area contributed by atoms with E-state index in [-0.39, 0.29) is 17.8 Å². The van der Waals surface area contributed by atoms with E-state index in [2.05, 4.69) is 21.3 Å². The van der Waals surface area contributed by atoms with Crippen molar-refractivity contribution in [1.82, 2.24) is 10.2 Å². The molecule has 214 valence electrons. The summed E-state index contributed by atoms with van der Waals surface area (Å²) in [6.07, 6.45) is 1.35. The number of nitrogens with two attached hydrogens (primary N) is 1. The van der Waals surface area contributed by atoms with E-state index in [0.717, 1.165) is 47.6 Å². The van der Waals surface area contributed by atoms with Gasteiger partial charge in [-0.15, -0.1) is 0 Å². The van der Waals surface area contributed by atoms with E-state index >= 15 is 0 Å². The van der Waals surface area contributed by atoms with Gasteiger partial charge in [0.1, 0.15) is 0 Å². The van der Waals surface area contributed by atoms with Crippen LogP contribution in [0.15, 0.2) is 72.8 Å². The van der Waals surface area contributed by atoms with Crippen molar-refractivity contribution in [3.8, 4) is 11.1 Å². The van der Waals surface area contributed by atoms with Crippen LogP contribution in [0.5, 0.6) is 0 Å². The number of carbonyl (C=O) groups is 3. The first kappa shape index (κ1) is 28.3. The van der Waals surface area contributed by atoms with Gasteiger partial charge in [0.05, 0.1) is 11.2 Å². The minimum Gasteiger partial charge on any atom is -0.326 e. The fourth-order valence-corrected chi connectivity index (χ4v) is 5.53. The lowest BCUT2D eigenvalue weighted by atomic mass is 9.75. The summed E-state index contributed by atoms with van der Waals surface area (Å²) >= 11 is 0. The molecule has 3 atom stereocenters. The average molecular weight is 555 g/mol. The van der Waals surface area contributed by atoms with E-state index in [0.29, 0.717) is 25.2 Å². The van der Waals surface area contributed by atoms with Crippen molar-refractivity contribution < 1.29 is 14.4 Å². The van der Waals surface area contributed by atoms with Gasteiger partial charge in [0.15, 0.2) is 0 Å². The molecule has 9 nitrogen and oxygen atoms in total. The fraction of sp³-hybridized carbons (Fsp3) is 0.344. The van der Waals surface area contributed by atoms with Crippen LogP contribution in [0.1, 0.15) is 25.8 Å². The summed E-state index contributed by atoms with van der Waals surface area (Å²) in [5.74, 6) is -1.27. The Bertz CT molecular complexity index is 1410. The zero-order valence-corrected chi connectivity index (χ0v) is 23.6. The molecule has 6 N–H and O–H groups in total. The van der Waals surface area contributed by atoms with Gasteiger partial charge in [-0.2, -0.15) is 0 Å². The summed E-state index contributed by atoms with van der Waals surface area (Å²) in [4.78, 5) is 41.0. The van der Waals surface area contributed by atoms with E-state index in [1.807, 2.05) is 79.7 Å². The quantitative estimate of drug-likeness (QED) is 0.311. The molecule has 0 radical (unpaired) electrons. The molecule has 4 amide bonds. The Morgan fingerprint density at radius 3 is 2.41 bits per heavy atom. The summed E-state index contributed by atoms with van der Waals surface area (Å²) in [6.45, 7) is 6.45. The molecule has 3 aromatic carbocycles. The molecule has 41 heavy (non-hydrogen) atoms. The van der Waals surface area contributed by atoms with Gasteiger partial charge in [0.2, 0.25) is 11.8 Å². The third-order valence-electron chi connectivity index (χ3n) is 8.40. The summed E-state index contributed by atoms with van der Waals surface area (Å²) in [5.41, 5.74) is 10.3. The number of anilines is 3. The van der Waals surface area contributed by atoms with Gasteiger partial charge < -0.3 is 31.9 Å². The normalized spacial score (nSPS) is 19.1. The van der Waals surface area contributed by atoms with Crippen LogP contribution in [0.4, 0.5) is 21.9 Å². The minimum atomic E-state index is -1.28. The van der Waals surface area contributed by atoms with Crippen molar-refractivity contribution in [3.05, 3.63) is 78.4 Å². The second-order valence-electron chi connectivity index (χ2n) is 11.1. The molecule has 0 saturated carbocycles. The predicted octanol–water partition coefficient (Wildman–Crippen LogP) is 4.28. The third kappa shape index (κ3) is 6.26. The van der Waals surface area contributed by atoms with Crippen LogP contribution < -0.4 is 27.0 Å². The molecule has 0 aliphatic carbocycles. The van der Waals surface area contributed by atoms with Gasteiger partial charge in [0.25, 0.3) is 0 Å². The number of hydrogen-bond donors (Lipinski definition) is 5. The SMILES string of the molecule is C[C@H](C1CCc2ccccc2NC1=O)C(C)(N)C(=O)Nc1ccc(-c2ccccc2NC(=O)N2CCNCC2)cc1. The lowest BCUT2D eigenvalue weighted by Gasteiger charge is -2.34. The smallest absolute Gasteiger partial charge is 0.321 e. The molecule has 1 fully saturated rings. The van der Waals surface area contributed by atoms with Gasteiger partial charge in [0, 0.05) is 49.0 Å². The second kappa shape index (κ2) is 12.1. The number of nitrogens with one attached hydrogen (secondary N) is 4. The first-order valence-corrected chi connectivity index (χ1v) is 14.2. The number of fused-ring (bicyclic) bond motifs is 1. The van der Waals surface area contributed by atoms with Crippen LogP contribution in [0.25, 0.3) is 11.1 Å². The van der Waals surface area contributed by atoms with Crippen molar-refractivity contribution >= 4 is 34.9 Å². The van der Waals surface area contributed by atoms with E-state index < -0.39 is 17.4 Å². The lowest BCUT2D eigenvalue weighted by molar-refractivity contribution is -0.126. The van der Waals surface area contributed by atoms with Gasteiger partial charge >= 0.3 is 6.03 Å². The van der Waals surface area contributed by atoms with E-state index in [9.17, 15) is 14.4 Å². The number of aryl methyl sites for hydroxylation is 1.